The van der Waals surface area contributed by atoms with Crippen LogP contribution in [0.4, 0.5) is 4.79 Å². The summed E-state index contributed by atoms with van der Waals surface area (Å²) in [5.41, 5.74) is 7.56. The van der Waals surface area contributed by atoms with Crippen LogP contribution < -0.4 is 5.32 Å². The van der Waals surface area contributed by atoms with E-state index in [1.807, 2.05) is 23.2 Å². The number of likely N-dealkylation sites (tertiary alicyclic amines) is 1. The van der Waals surface area contributed by atoms with E-state index in [0.29, 0.717) is 6.67 Å². The Bertz CT molecular complexity index is 973. The van der Waals surface area contributed by atoms with Crippen LogP contribution >= 0.6 is 11.6 Å². The van der Waals surface area contributed by atoms with Gasteiger partial charge in [-0.3, -0.25) is 9.88 Å². The number of amides is 2. The molecule has 31 heavy (non-hydrogen) atoms. The minimum absolute atomic E-state index is 0.0301. The van der Waals surface area contributed by atoms with Crippen LogP contribution in [0.1, 0.15) is 49.1 Å². The fourth-order valence-electron chi connectivity index (χ4n) is 4.60. The first kappa shape index (κ1) is 21.8. The van der Waals surface area contributed by atoms with Gasteiger partial charge in [0.2, 0.25) is 0 Å². The first-order chi connectivity index (χ1) is 15.1. The lowest BCUT2D eigenvalue weighted by Crippen LogP contribution is -2.47. The van der Waals surface area contributed by atoms with Gasteiger partial charge in [0.25, 0.3) is 0 Å². The number of fused-ring (bicyclic) bond motifs is 2. The molecule has 2 aliphatic rings. The summed E-state index contributed by atoms with van der Waals surface area (Å²) in [6.07, 6.45) is 5.55. The van der Waals surface area contributed by atoms with Crippen LogP contribution in [0.2, 0.25) is 5.02 Å². The molecule has 1 aromatic heterocycles. The zero-order valence-electron chi connectivity index (χ0n) is 18.5. The Morgan fingerprint density at radius 3 is 2.58 bits per heavy atom. The number of carbonyl (C=O) groups excluding carboxylic acids is 1. The van der Waals surface area contributed by atoms with E-state index < -0.39 is 0 Å². The van der Waals surface area contributed by atoms with Gasteiger partial charge in [0.1, 0.15) is 0 Å². The lowest BCUT2D eigenvalue weighted by molar-refractivity contribution is 0.183. The summed E-state index contributed by atoms with van der Waals surface area (Å²) in [6.45, 7) is 8.15. The van der Waals surface area contributed by atoms with Crippen molar-refractivity contribution in [3.05, 3.63) is 69.5 Å². The third-order valence-corrected chi connectivity index (χ3v) is 6.72. The number of piperidine rings is 1. The van der Waals surface area contributed by atoms with Crippen molar-refractivity contribution in [1.29, 1.82) is 0 Å². The zero-order chi connectivity index (χ0) is 21.8. The predicted molar refractivity (Wildman–Crippen MR) is 126 cm³/mol. The summed E-state index contributed by atoms with van der Waals surface area (Å²) in [6, 6.07) is 10.5. The molecule has 1 aliphatic heterocycles. The van der Waals surface area contributed by atoms with Crippen LogP contribution in [0.5, 0.6) is 0 Å². The molecule has 1 aromatic carbocycles. The van der Waals surface area contributed by atoms with Gasteiger partial charge in [0, 0.05) is 29.9 Å². The molecule has 5 nitrogen and oxygen atoms in total. The van der Waals surface area contributed by atoms with Crippen molar-refractivity contribution in [2.24, 2.45) is 0 Å². The molecule has 1 N–H and O–H groups in total. The molecule has 0 bridgehead atoms. The molecule has 1 fully saturated rings. The Labute approximate surface area is 190 Å². The van der Waals surface area contributed by atoms with Crippen LogP contribution in [-0.2, 0) is 12.8 Å². The van der Waals surface area contributed by atoms with Gasteiger partial charge in [-0.05, 0) is 73.7 Å². The highest BCUT2D eigenvalue weighted by molar-refractivity contribution is 6.30. The smallest absolute Gasteiger partial charge is 0.318 e. The van der Waals surface area contributed by atoms with E-state index in [0.717, 1.165) is 62.6 Å². The highest BCUT2D eigenvalue weighted by Crippen LogP contribution is 2.38. The third kappa shape index (κ3) is 4.78. The fourth-order valence-corrected chi connectivity index (χ4v) is 4.80. The quantitative estimate of drug-likeness (QED) is 0.701. The van der Waals surface area contributed by atoms with Crippen molar-refractivity contribution < 1.29 is 4.79 Å². The van der Waals surface area contributed by atoms with Crippen molar-refractivity contribution in [3.8, 4) is 0 Å². The number of benzene rings is 1. The van der Waals surface area contributed by atoms with E-state index in [1.54, 1.807) is 0 Å². The largest absolute Gasteiger partial charge is 0.325 e. The van der Waals surface area contributed by atoms with Gasteiger partial charge in [-0.25, -0.2) is 4.79 Å². The number of carbonyl (C=O) groups is 1. The summed E-state index contributed by atoms with van der Waals surface area (Å²) in [4.78, 5) is 21.6. The van der Waals surface area contributed by atoms with E-state index in [9.17, 15) is 4.79 Å². The van der Waals surface area contributed by atoms with Gasteiger partial charge >= 0.3 is 6.03 Å². The molecule has 0 unspecified atom stereocenters. The van der Waals surface area contributed by atoms with Crippen LogP contribution in [0.3, 0.4) is 0 Å². The number of pyridine rings is 1. The maximum Gasteiger partial charge on any atom is 0.318 e. The molecular weight excluding hydrogens is 408 g/mol. The number of hydrogen-bond donors (Lipinski definition) is 1. The Morgan fingerprint density at radius 2 is 1.84 bits per heavy atom. The SMILES string of the molecule is CCN(CC)CNC(=O)N1CCC(=C2c3ccc(Cl)cc3CCc3cccnc32)CC1. The molecule has 1 aliphatic carbocycles. The molecule has 1 saturated heterocycles. The summed E-state index contributed by atoms with van der Waals surface area (Å²) in [7, 11) is 0. The molecule has 6 heteroatoms. The van der Waals surface area contributed by atoms with Gasteiger partial charge in [0.15, 0.2) is 0 Å². The number of urea groups is 1. The maximum atomic E-state index is 12.7. The van der Waals surface area contributed by atoms with E-state index >= 15 is 0 Å². The molecule has 2 amide bonds. The molecule has 0 spiro atoms. The molecule has 2 aromatic rings. The van der Waals surface area contributed by atoms with E-state index in [1.165, 1.54) is 27.8 Å². The maximum absolute atomic E-state index is 12.7. The van der Waals surface area contributed by atoms with E-state index in [-0.39, 0.29) is 6.03 Å². The molecule has 0 radical (unpaired) electrons. The van der Waals surface area contributed by atoms with E-state index in [4.69, 9.17) is 16.6 Å². The normalized spacial score (nSPS) is 16.1. The van der Waals surface area contributed by atoms with Crippen LogP contribution in [-0.4, -0.2) is 53.7 Å². The highest BCUT2D eigenvalue weighted by atomic mass is 35.5. The molecule has 164 valence electrons. The highest BCUT2D eigenvalue weighted by Gasteiger charge is 2.26. The predicted octanol–water partition coefficient (Wildman–Crippen LogP) is 4.74. The number of aryl methyl sites for hydroxylation is 2. The third-order valence-electron chi connectivity index (χ3n) is 6.48. The number of halogens is 1. The number of aromatic nitrogens is 1. The number of nitrogens with one attached hydrogen (secondary N) is 1. The van der Waals surface area contributed by atoms with Gasteiger partial charge in [0.05, 0.1) is 12.4 Å². The monoisotopic (exact) mass is 438 g/mol. The minimum atomic E-state index is 0.0301. The molecule has 2 heterocycles. The number of nitrogens with zero attached hydrogens (tertiary/aromatic N) is 3. The van der Waals surface area contributed by atoms with Crippen molar-refractivity contribution in [2.45, 2.75) is 39.5 Å². The summed E-state index contributed by atoms with van der Waals surface area (Å²) < 4.78 is 0. The van der Waals surface area contributed by atoms with Crippen LogP contribution in [0, 0.1) is 0 Å². The van der Waals surface area contributed by atoms with E-state index in [2.05, 4.69) is 42.3 Å². The standard InChI is InChI=1S/C25H31ClN4O/c1-3-29(4-2)17-28-25(31)30-14-11-18(12-15-30)23-22-10-9-21(26)16-20(22)8-7-19-6-5-13-27-24(19)23/h5-6,9-10,13,16H,3-4,7-8,11-12,14-15,17H2,1-2H3,(H,28,31). The Kier molecular flexibility index (Phi) is 6.93. The first-order valence-electron chi connectivity index (χ1n) is 11.3. The van der Waals surface area contributed by atoms with Crippen LogP contribution in [0.15, 0.2) is 42.1 Å². The van der Waals surface area contributed by atoms with Gasteiger partial charge in [-0.15, -0.1) is 0 Å². The number of hydrogen-bond acceptors (Lipinski definition) is 3. The second-order valence-corrected chi connectivity index (χ2v) is 8.66. The van der Waals surface area contributed by atoms with Crippen molar-refractivity contribution >= 4 is 23.2 Å². The summed E-state index contributed by atoms with van der Waals surface area (Å²) in [5, 5.41) is 3.85. The second-order valence-electron chi connectivity index (χ2n) is 8.22. The lowest BCUT2D eigenvalue weighted by Gasteiger charge is -2.31. The van der Waals surface area contributed by atoms with Gasteiger partial charge in [-0.1, -0.05) is 43.2 Å². The molecule has 0 atom stereocenters. The van der Waals surface area contributed by atoms with Gasteiger partial charge in [-0.2, -0.15) is 0 Å². The van der Waals surface area contributed by atoms with Crippen LogP contribution in [0.25, 0.3) is 5.57 Å². The fraction of sp³-hybridized carbons (Fsp3) is 0.440. The summed E-state index contributed by atoms with van der Waals surface area (Å²) >= 11 is 6.32. The lowest BCUT2D eigenvalue weighted by atomic mass is 9.88. The Morgan fingerprint density at radius 1 is 1.10 bits per heavy atom. The average Bonchev–Trinajstić information content (AvgIpc) is 2.96. The second kappa shape index (κ2) is 9.84. The van der Waals surface area contributed by atoms with Gasteiger partial charge < -0.3 is 10.2 Å². The summed E-state index contributed by atoms with van der Waals surface area (Å²) in [5.74, 6) is 0. The Balaban J connectivity index is 1.58. The Hall–Kier alpha value is -2.37. The van der Waals surface area contributed by atoms with Crippen molar-refractivity contribution in [1.82, 2.24) is 20.1 Å². The van der Waals surface area contributed by atoms with Crippen molar-refractivity contribution in [2.75, 3.05) is 32.8 Å². The molecule has 4 rings (SSSR count). The molecular formula is C25H31ClN4O. The number of rotatable bonds is 4. The first-order valence-corrected chi connectivity index (χ1v) is 11.7. The molecule has 0 saturated carbocycles. The zero-order valence-corrected chi connectivity index (χ0v) is 19.2. The minimum Gasteiger partial charge on any atom is -0.325 e. The average molecular weight is 439 g/mol. The van der Waals surface area contributed by atoms with Crippen molar-refractivity contribution in [3.63, 3.8) is 0 Å². The topological polar surface area (TPSA) is 48.5 Å².